The third kappa shape index (κ3) is 5.10. The fourth-order valence-electron chi connectivity index (χ4n) is 5.97. The average Bonchev–Trinajstić information content (AvgIpc) is 3.03. The van der Waals surface area contributed by atoms with Gasteiger partial charge in [0.2, 0.25) is 0 Å². The predicted molar refractivity (Wildman–Crippen MR) is 148 cm³/mol. The van der Waals surface area contributed by atoms with E-state index in [1.165, 1.54) is 4.90 Å². The minimum absolute atomic E-state index is 0.0262. The van der Waals surface area contributed by atoms with E-state index in [4.69, 9.17) is 23.2 Å². The third-order valence-corrected chi connectivity index (χ3v) is 9.12. The number of urea groups is 1. The van der Waals surface area contributed by atoms with Gasteiger partial charge in [-0.1, -0.05) is 41.8 Å². The summed E-state index contributed by atoms with van der Waals surface area (Å²) in [6.45, 7) is 4.02. The number of hydrogen-bond acceptors (Lipinski definition) is 4. The molecule has 2 heterocycles. The van der Waals surface area contributed by atoms with Gasteiger partial charge in [-0.3, -0.25) is 14.5 Å². The van der Waals surface area contributed by atoms with Gasteiger partial charge < -0.3 is 14.9 Å². The zero-order chi connectivity index (χ0) is 27.0. The van der Waals surface area contributed by atoms with E-state index in [2.05, 4.69) is 4.90 Å². The number of rotatable bonds is 8. The van der Waals surface area contributed by atoms with Crippen LogP contribution < -0.4 is 4.90 Å². The first-order valence-corrected chi connectivity index (χ1v) is 14.1. The maximum Gasteiger partial charge on any atom is 0.327 e. The lowest BCUT2D eigenvalue weighted by molar-refractivity contribution is -0.136. The lowest BCUT2D eigenvalue weighted by Gasteiger charge is -2.43. The molecular formula is C29H33Cl2N3O4. The fourth-order valence-corrected chi connectivity index (χ4v) is 6.47. The van der Waals surface area contributed by atoms with Crippen LogP contribution in [-0.4, -0.2) is 64.5 Å². The molecule has 0 atom stereocenters. The van der Waals surface area contributed by atoms with Crippen LogP contribution in [0.4, 0.5) is 10.5 Å². The molecule has 3 aliphatic rings. The van der Waals surface area contributed by atoms with E-state index in [1.807, 2.05) is 31.2 Å². The number of carbonyl (C=O) groups is 3. The number of hydrogen-bond donors (Lipinski definition) is 1. The summed E-state index contributed by atoms with van der Waals surface area (Å²) in [5.74, 6) is -0.543. The van der Waals surface area contributed by atoms with E-state index >= 15 is 0 Å². The number of nitrogens with zero attached hydrogens (tertiary/aromatic N) is 3. The maximum atomic E-state index is 13.9. The lowest BCUT2D eigenvalue weighted by atomic mass is 9.83. The van der Waals surface area contributed by atoms with Crippen molar-refractivity contribution in [3.05, 3.63) is 63.1 Å². The van der Waals surface area contributed by atoms with Crippen molar-refractivity contribution in [1.29, 1.82) is 0 Å². The standard InChI is InChI=1S/C29H33Cl2N3O4/c1-19-5-8-24(15-22(19)16-26(35)36)32-13-10-29(11-14-32)27(37)33(18-20-3-2-4-20)28(38)34(29)12-9-21-6-7-23(30)17-25(21)31/h5-8,15,17,20H,2-4,9-14,16,18H2,1H3,(H,35,36). The van der Waals surface area contributed by atoms with Gasteiger partial charge in [-0.05, 0) is 85.9 Å². The number of carboxylic acids is 1. The molecule has 38 heavy (non-hydrogen) atoms. The summed E-state index contributed by atoms with van der Waals surface area (Å²) in [7, 11) is 0. The SMILES string of the molecule is Cc1ccc(N2CCC3(CC2)C(=O)N(CC2CCC2)C(=O)N3CCc2ccc(Cl)cc2Cl)cc1CC(=O)O. The van der Waals surface area contributed by atoms with Crippen LogP contribution in [0.5, 0.6) is 0 Å². The monoisotopic (exact) mass is 557 g/mol. The molecule has 2 aromatic rings. The van der Waals surface area contributed by atoms with Crippen molar-refractivity contribution in [3.63, 3.8) is 0 Å². The summed E-state index contributed by atoms with van der Waals surface area (Å²) in [6.07, 6.45) is 4.83. The van der Waals surface area contributed by atoms with Crippen LogP contribution in [0.3, 0.4) is 0 Å². The molecule has 1 spiro atoms. The minimum Gasteiger partial charge on any atom is -0.481 e. The van der Waals surface area contributed by atoms with Crippen LogP contribution in [0.25, 0.3) is 0 Å². The first kappa shape index (κ1) is 26.8. The number of piperidine rings is 1. The molecule has 1 saturated carbocycles. The van der Waals surface area contributed by atoms with E-state index in [9.17, 15) is 19.5 Å². The third-order valence-electron chi connectivity index (χ3n) is 8.54. The van der Waals surface area contributed by atoms with Crippen molar-refractivity contribution in [3.8, 4) is 0 Å². The van der Waals surface area contributed by atoms with Gasteiger partial charge in [-0.15, -0.1) is 0 Å². The van der Waals surface area contributed by atoms with Gasteiger partial charge in [-0.25, -0.2) is 4.79 Å². The molecule has 7 nitrogen and oxygen atoms in total. The molecule has 5 rings (SSSR count). The van der Waals surface area contributed by atoms with Crippen LogP contribution in [0.2, 0.25) is 10.0 Å². The number of aryl methyl sites for hydroxylation is 1. The van der Waals surface area contributed by atoms with Crippen molar-refractivity contribution in [2.45, 2.75) is 57.4 Å². The number of benzene rings is 2. The second-order valence-electron chi connectivity index (χ2n) is 10.8. The van der Waals surface area contributed by atoms with E-state index in [0.717, 1.165) is 41.6 Å². The zero-order valence-electron chi connectivity index (χ0n) is 21.6. The molecule has 9 heteroatoms. The van der Waals surface area contributed by atoms with Crippen molar-refractivity contribution in [2.24, 2.45) is 5.92 Å². The quantitative estimate of drug-likeness (QED) is 0.429. The first-order valence-electron chi connectivity index (χ1n) is 13.3. The molecule has 2 saturated heterocycles. The molecule has 3 fully saturated rings. The van der Waals surface area contributed by atoms with Crippen LogP contribution in [0, 0.1) is 12.8 Å². The van der Waals surface area contributed by atoms with E-state index < -0.39 is 11.5 Å². The fraction of sp³-hybridized carbons (Fsp3) is 0.483. The Bertz CT molecular complexity index is 1250. The molecule has 3 amide bonds. The van der Waals surface area contributed by atoms with Crippen molar-refractivity contribution in [2.75, 3.05) is 31.1 Å². The van der Waals surface area contributed by atoms with Gasteiger partial charge in [0.1, 0.15) is 5.54 Å². The van der Waals surface area contributed by atoms with Gasteiger partial charge in [0, 0.05) is 41.9 Å². The molecule has 0 radical (unpaired) electrons. The second kappa shape index (κ2) is 10.8. The number of carbonyl (C=O) groups excluding carboxylic acids is 2. The maximum absolute atomic E-state index is 13.9. The number of imide groups is 1. The number of anilines is 1. The van der Waals surface area contributed by atoms with Crippen LogP contribution in [0.1, 0.15) is 48.8 Å². The molecule has 202 valence electrons. The van der Waals surface area contributed by atoms with Crippen molar-refractivity contribution in [1.82, 2.24) is 9.80 Å². The van der Waals surface area contributed by atoms with E-state index in [0.29, 0.717) is 61.4 Å². The van der Waals surface area contributed by atoms with Gasteiger partial charge in [0.25, 0.3) is 5.91 Å². The predicted octanol–water partition coefficient (Wildman–Crippen LogP) is 5.57. The Morgan fingerprint density at radius 2 is 1.79 bits per heavy atom. The van der Waals surface area contributed by atoms with Crippen molar-refractivity contribution >= 4 is 46.8 Å². The van der Waals surface area contributed by atoms with Crippen LogP contribution in [-0.2, 0) is 22.4 Å². The Morgan fingerprint density at radius 3 is 2.42 bits per heavy atom. The Hall–Kier alpha value is -2.77. The highest BCUT2D eigenvalue weighted by molar-refractivity contribution is 6.35. The summed E-state index contributed by atoms with van der Waals surface area (Å²) in [5.41, 5.74) is 2.71. The van der Waals surface area contributed by atoms with Gasteiger partial charge in [0.05, 0.1) is 6.42 Å². The van der Waals surface area contributed by atoms with Gasteiger partial charge >= 0.3 is 12.0 Å². The number of amides is 3. The summed E-state index contributed by atoms with van der Waals surface area (Å²) in [6, 6.07) is 11.1. The summed E-state index contributed by atoms with van der Waals surface area (Å²) in [5, 5.41) is 10.4. The highest BCUT2D eigenvalue weighted by atomic mass is 35.5. The molecular weight excluding hydrogens is 525 g/mol. The Morgan fingerprint density at radius 1 is 1.05 bits per heavy atom. The average molecular weight is 559 g/mol. The minimum atomic E-state index is -0.870. The highest BCUT2D eigenvalue weighted by Gasteiger charge is 2.58. The lowest BCUT2D eigenvalue weighted by Crippen LogP contribution is -2.57. The molecule has 0 unspecified atom stereocenters. The van der Waals surface area contributed by atoms with Gasteiger partial charge in [-0.2, -0.15) is 0 Å². The number of halogens is 2. The Labute approximate surface area is 233 Å². The number of carboxylic acid groups (broad SMARTS) is 1. The summed E-state index contributed by atoms with van der Waals surface area (Å²) >= 11 is 12.5. The van der Waals surface area contributed by atoms with Crippen LogP contribution in [0.15, 0.2) is 36.4 Å². The van der Waals surface area contributed by atoms with Crippen LogP contribution >= 0.6 is 23.2 Å². The Balaban J connectivity index is 1.36. The van der Waals surface area contributed by atoms with E-state index in [-0.39, 0.29) is 18.4 Å². The normalized spacial score (nSPS) is 19.4. The summed E-state index contributed by atoms with van der Waals surface area (Å²) in [4.78, 5) is 44.4. The molecule has 0 bridgehead atoms. The molecule has 2 aliphatic heterocycles. The second-order valence-corrected chi connectivity index (χ2v) is 11.7. The van der Waals surface area contributed by atoms with E-state index in [1.54, 1.807) is 17.0 Å². The molecule has 2 aromatic carbocycles. The smallest absolute Gasteiger partial charge is 0.327 e. The number of aliphatic carboxylic acids is 1. The Kier molecular flexibility index (Phi) is 7.60. The summed E-state index contributed by atoms with van der Waals surface area (Å²) < 4.78 is 0. The molecule has 1 aliphatic carbocycles. The van der Waals surface area contributed by atoms with Gasteiger partial charge in [0.15, 0.2) is 0 Å². The zero-order valence-corrected chi connectivity index (χ0v) is 23.1. The molecule has 0 aromatic heterocycles. The van der Waals surface area contributed by atoms with Crippen molar-refractivity contribution < 1.29 is 19.5 Å². The molecule has 1 N–H and O–H groups in total. The largest absolute Gasteiger partial charge is 0.481 e. The highest BCUT2D eigenvalue weighted by Crippen LogP contribution is 2.40. The topological polar surface area (TPSA) is 81.2 Å². The first-order chi connectivity index (χ1) is 18.2.